The van der Waals surface area contributed by atoms with Gasteiger partial charge in [-0.1, -0.05) is 23.9 Å². The van der Waals surface area contributed by atoms with E-state index in [9.17, 15) is 9.59 Å². The molecule has 1 amide bonds. The Morgan fingerprint density at radius 1 is 1.33 bits per heavy atom. The Hall–Kier alpha value is -1.90. The van der Waals surface area contributed by atoms with Crippen LogP contribution in [0.15, 0.2) is 45.5 Å². The van der Waals surface area contributed by atoms with E-state index in [0.29, 0.717) is 35.0 Å². The number of thioether (sulfide) groups is 1. The fraction of sp³-hybridized carbons (Fsp3) is 0.409. The Bertz CT molecular complexity index is 1130. The van der Waals surface area contributed by atoms with Crippen molar-refractivity contribution in [3.63, 3.8) is 0 Å². The lowest BCUT2D eigenvalue weighted by Gasteiger charge is -2.17. The van der Waals surface area contributed by atoms with Crippen LogP contribution in [-0.2, 0) is 11.3 Å². The van der Waals surface area contributed by atoms with E-state index in [2.05, 4.69) is 11.9 Å². The van der Waals surface area contributed by atoms with Crippen LogP contribution in [0.1, 0.15) is 25.7 Å². The van der Waals surface area contributed by atoms with Gasteiger partial charge in [0.2, 0.25) is 5.91 Å². The van der Waals surface area contributed by atoms with Gasteiger partial charge in [-0.2, -0.15) is 0 Å². The lowest BCUT2D eigenvalue weighted by Crippen LogP contribution is -2.39. The molecule has 5 rings (SSSR count). The second kappa shape index (κ2) is 8.32. The molecule has 0 saturated heterocycles. The van der Waals surface area contributed by atoms with E-state index in [1.807, 2.05) is 22.9 Å². The maximum atomic E-state index is 13.3. The number of rotatable bonds is 9. The van der Waals surface area contributed by atoms with E-state index in [4.69, 9.17) is 4.98 Å². The summed E-state index contributed by atoms with van der Waals surface area (Å²) < 4.78 is 1.64. The lowest BCUT2D eigenvalue weighted by atomic mass is 10.1. The molecule has 2 aliphatic rings. The number of thiophene rings is 2. The van der Waals surface area contributed by atoms with E-state index < -0.39 is 0 Å². The third-order valence-electron chi connectivity index (χ3n) is 5.68. The highest BCUT2D eigenvalue weighted by molar-refractivity contribution is 7.99. The van der Waals surface area contributed by atoms with Crippen molar-refractivity contribution in [2.24, 2.45) is 11.8 Å². The van der Waals surface area contributed by atoms with Gasteiger partial charge in [0.05, 0.1) is 11.1 Å². The van der Waals surface area contributed by atoms with Crippen molar-refractivity contribution in [2.75, 3.05) is 5.75 Å². The molecule has 5 nitrogen and oxygen atoms in total. The number of fused-ring (bicyclic) bond motifs is 1. The van der Waals surface area contributed by atoms with Crippen LogP contribution in [0.2, 0.25) is 0 Å². The van der Waals surface area contributed by atoms with Gasteiger partial charge < -0.3 is 5.32 Å². The maximum Gasteiger partial charge on any atom is 0.263 e. The third-order valence-corrected chi connectivity index (χ3v) is 8.43. The number of carbonyl (C=O) groups excluding carboxylic acids is 1. The van der Waals surface area contributed by atoms with Gasteiger partial charge in [0.1, 0.15) is 4.83 Å². The summed E-state index contributed by atoms with van der Waals surface area (Å²) >= 11 is 4.43. The van der Waals surface area contributed by atoms with Crippen molar-refractivity contribution in [1.82, 2.24) is 14.9 Å². The number of hydrogen-bond donors (Lipinski definition) is 1. The molecule has 2 aliphatic carbocycles. The van der Waals surface area contributed by atoms with Crippen LogP contribution in [0.4, 0.5) is 0 Å². The van der Waals surface area contributed by atoms with Crippen molar-refractivity contribution < 1.29 is 4.79 Å². The zero-order valence-corrected chi connectivity index (χ0v) is 19.0. The molecule has 0 atom stereocenters. The molecule has 8 heteroatoms. The molecule has 0 spiro atoms. The SMILES string of the molecule is C=CCn1c(SCC(=O)NC(C2CC2)C2CC2)nc2scc(-c3cccs3)c2c1=O. The fourth-order valence-corrected chi connectivity index (χ4v) is 6.53. The van der Waals surface area contributed by atoms with Gasteiger partial charge in [-0.05, 0) is 49.0 Å². The quantitative estimate of drug-likeness (QED) is 0.286. The first-order valence-electron chi connectivity index (χ1n) is 10.2. The smallest absolute Gasteiger partial charge is 0.263 e. The molecular weight excluding hydrogens is 434 g/mol. The van der Waals surface area contributed by atoms with E-state index in [-0.39, 0.29) is 17.2 Å². The normalized spacial score (nSPS) is 16.3. The van der Waals surface area contributed by atoms with E-state index in [0.717, 1.165) is 15.3 Å². The largest absolute Gasteiger partial charge is 0.352 e. The van der Waals surface area contributed by atoms with Gasteiger partial charge in [-0.3, -0.25) is 14.2 Å². The Morgan fingerprint density at radius 2 is 2.10 bits per heavy atom. The van der Waals surface area contributed by atoms with Gasteiger partial charge in [-0.25, -0.2) is 4.98 Å². The summed E-state index contributed by atoms with van der Waals surface area (Å²) in [6.45, 7) is 4.17. The summed E-state index contributed by atoms with van der Waals surface area (Å²) in [7, 11) is 0. The molecule has 30 heavy (non-hydrogen) atoms. The molecule has 3 aromatic heterocycles. The Balaban J connectivity index is 1.39. The van der Waals surface area contributed by atoms with Crippen molar-refractivity contribution in [3.8, 4) is 10.4 Å². The van der Waals surface area contributed by atoms with Crippen molar-refractivity contribution in [1.29, 1.82) is 0 Å². The summed E-state index contributed by atoms with van der Waals surface area (Å²) in [6.07, 6.45) is 6.63. The minimum absolute atomic E-state index is 0.0359. The number of nitrogens with zero attached hydrogens (tertiary/aromatic N) is 2. The Morgan fingerprint density at radius 3 is 2.73 bits per heavy atom. The molecule has 1 N–H and O–H groups in total. The summed E-state index contributed by atoms with van der Waals surface area (Å²) in [5.41, 5.74) is 0.868. The third kappa shape index (κ3) is 4.00. The molecular formula is C22H23N3O2S3. The van der Waals surface area contributed by atoms with Gasteiger partial charge in [0, 0.05) is 28.4 Å². The molecule has 2 saturated carbocycles. The zero-order valence-electron chi connectivity index (χ0n) is 16.5. The van der Waals surface area contributed by atoms with Gasteiger partial charge in [0.15, 0.2) is 5.16 Å². The van der Waals surface area contributed by atoms with Crippen LogP contribution in [0.25, 0.3) is 20.7 Å². The number of allylic oxidation sites excluding steroid dienone is 1. The Kier molecular flexibility index (Phi) is 5.56. The average Bonchev–Trinajstić information content (AvgIpc) is 3.66. The first-order valence-corrected chi connectivity index (χ1v) is 13.0. The molecule has 2 fully saturated rings. The first kappa shape index (κ1) is 20.0. The second-order valence-corrected chi connectivity index (χ2v) is 10.7. The van der Waals surface area contributed by atoms with Crippen molar-refractivity contribution in [3.05, 3.63) is 45.9 Å². The molecule has 0 aromatic carbocycles. The topological polar surface area (TPSA) is 64.0 Å². The minimum Gasteiger partial charge on any atom is -0.352 e. The van der Waals surface area contributed by atoms with E-state index >= 15 is 0 Å². The van der Waals surface area contributed by atoms with Crippen LogP contribution in [0.3, 0.4) is 0 Å². The summed E-state index contributed by atoms with van der Waals surface area (Å²) in [4.78, 5) is 32.5. The molecule has 0 unspecified atom stereocenters. The van der Waals surface area contributed by atoms with E-state index in [1.54, 1.807) is 22.0 Å². The van der Waals surface area contributed by atoms with Crippen LogP contribution in [0, 0.1) is 11.8 Å². The fourth-order valence-electron chi connectivity index (χ4n) is 3.91. The molecule has 3 aromatic rings. The molecule has 0 bridgehead atoms. The minimum atomic E-state index is -0.0682. The second-order valence-electron chi connectivity index (χ2n) is 7.96. The van der Waals surface area contributed by atoms with Gasteiger partial charge in [0.25, 0.3) is 5.56 Å². The lowest BCUT2D eigenvalue weighted by molar-refractivity contribution is -0.119. The van der Waals surface area contributed by atoms with Crippen LogP contribution in [-0.4, -0.2) is 27.3 Å². The summed E-state index contributed by atoms with van der Waals surface area (Å²) in [6, 6.07) is 4.35. The molecule has 156 valence electrons. The van der Waals surface area contributed by atoms with Crippen molar-refractivity contribution >= 4 is 50.6 Å². The molecule has 0 radical (unpaired) electrons. The highest BCUT2D eigenvalue weighted by Gasteiger charge is 2.42. The maximum absolute atomic E-state index is 13.3. The predicted octanol–water partition coefficient (Wildman–Crippen LogP) is 4.77. The summed E-state index contributed by atoms with van der Waals surface area (Å²) in [5.74, 6) is 1.64. The van der Waals surface area contributed by atoms with Crippen LogP contribution < -0.4 is 10.9 Å². The Labute approximate surface area is 187 Å². The number of carbonyl (C=O) groups is 1. The average molecular weight is 458 g/mol. The highest BCUT2D eigenvalue weighted by atomic mass is 32.2. The predicted molar refractivity (Wildman–Crippen MR) is 125 cm³/mol. The summed E-state index contributed by atoms with van der Waals surface area (Å²) in [5, 5.41) is 8.49. The van der Waals surface area contributed by atoms with E-state index in [1.165, 1.54) is 48.8 Å². The molecule has 3 heterocycles. The number of aromatic nitrogens is 2. The first-order chi connectivity index (χ1) is 14.7. The highest BCUT2D eigenvalue weighted by Crippen LogP contribution is 2.44. The van der Waals surface area contributed by atoms with Gasteiger partial charge >= 0.3 is 0 Å². The standard InChI is InChI=1S/C22H23N3O2S3/c1-2-9-25-21(27)18-15(16-4-3-10-28-16)11-29-20(18)24-22(25)30-12-17(26)23-19(13-5-6-13)14-7-8-14/h2-4,10-11,13-14,19H,1,5-9,12H2,(H,23,26). The van der Waals surface area contributed by atoms with Crippen molar-refractivity contribution in [2.45, 2.75) is 43.4 Å². The van der Waals surface area contributed by atoms with Crippen LogP contribution >= 0.6 is 34.4 Å². The monoisotopic (exact) mass is 457 g/mol. The number of amides is 1. The number of nitrogens with one attached hydrogen (secondary N) is 1. The van der Waals surface area contributed by atoms with Gasteiger partial charge in [-0.15, -0.1) is 29.3 Å². The zero-order chi connectivity index (χ0) is 20.7. The van der Waals surface area contributed by atoms with Crippen LogP contribution in [0.5, 0.6) is 0 Å². The number of hydrogen-bond acceptors (Lipinski definition) is 6. The molecule has 0 aliphatic heterocycles.